The molecule has 1 aliphatic heterocycles. The minimum Gasteiger partial charge on any atom is -0.455 e. The first-order valence-corrected chi connectivity index (χ1v) is 7.44. The molecule has 1 aliphatic rings. The van der Waals surface area contributed by atoms with Crippen LogP contribution in [0.2, 0.25) is 0 Å². The van der Waals surface area contributed by atoms with Crippen molar-refractivity contribution in [1.82, 2.24) is 0 Å². The summed E-state index contributed by atoms with van der Waals surface area (Å²) in [5.41, 5.74) is 0.848. The molecule has 1 saturated heterocycles. The number of rotatable bonds is 6. The lowest BCUT2D eigenvalue weighted by Crippen LogP contribution is -2.52. The number of hydrogen-bond acceptors (Lipinski definition) is 4. The molecular weight excluding hydrogens is 278 g/mol. The van der Waals surface area contributed by atoms with Crippen molar-refractivity contribution in [3.8, 4) is 11.5 Å². The van der Waals surface area contributed by atoms with Crippen molar-refractivity contribution in [3.63, 3.8) is 0 Å². The summed E-state index contributed by atoms with van der Waals surface area (Å²) in [5, 5.41) is 9.60. The summed E-state index contributed by atoms with van der Waals surface area (Å²) >= 11 is 0. The Bertz CT molecular complexity index is 605. The third kappa shape index (κ3) is 3.08. The van der Waals surface area contributed by atoms with Gasteiger partial charge in [0.2, 0.25) is 0 Å². The molecule has 0 aromatic heterocycles. The van der Waals surface area contributed by atoms with E-state index in [2.05, 4.69) is 4.90 Å². The molecule has 1 fully saturated rings. The maximum Gasteiger partial charge on any atom is 0.150 e. The van der Waals surface area contributed by atoms with E-state index >= 15 is 0 Å². The minimum atomic E-state index is -0.158. The Morgan fingerprint density at radius 1 is 1.09 bits per heavy atom. The minimum absolute atomic E-state index is 0.138. The number of hydrogen-bond donors (Lipinski definition) is 1. The smallest absolute Gasteiger partial charge is 0.150 e. The van der Waals surface area contributed by atoms with Gasteiger partial charge in [0.1, 0.15) is 5.75 Å². The topological polar surface area (TPSA) is 41.9 Å². The van der Waals surface area contributed by atoms with Crippen molar-refractivity contribution in [3.05, 3.63) is 54.6 Å². The predicted octanol–water partition coefficient (Wildman–Crippen LogP) is 2.92. The number of para-hydroxylation sites is 3. The number of nitrogens with zero attached hydrogens (tertiary/aromatic N) is 1. The molecule has 1 N–H and O–H groups in total. The highest BCUT2D eigenvalue weighted by atomic mass is 16.5. The maximum atomic E-state index is 9.60. The van der Waals surface area contributed by atoms with Gasteiger partial charge in [0, 0.05) is 13.6 Å². The van der Waals surface area contributed by atoms with Crippen molar-refractivity contribution < 1.29 is 14.6 Å². The summed E-state index contributed by atoms with van der Waals surface area (Å²) in [6, 6.07) is 17.7. The average molecular weight is 299 g/mol. The Balaban J connectivity index is 1.78. The largest absolute Gasteiger partial charge is 0.455 e. The van der Waals surface area contributed by atoms with Crippen molar-refractivity contribution >= 4 is 5.69 Å². The van der Waals surface area contributed by atoms with Gasteiger partial charge < -0.3 is 19.5 Å². The zero-order valence-corrected chi connectivity index (χ0v) is 12.7. The van der Waals surface area contributed by atoms with Crippen molar-refractivity contribution in [2.45, 2.75) is 0 Å². The van der Waals surface area contributed by atoms with Crippen LogP contribution in [0.25, 0.3) is 0 Å². The fourth-order valence-electron chi connectivity index (χ4n) is 2.69. The molecule has 2 aromatic carbocycles. The quantitative estimate of drug-likeness (QED) is 0.890. The molecule has 0 bridgehead atoms. The maximum absolute atomic E-state index is 9.60. The molecule has 0 spiro atoms. The summed E-state index contributed by atoms with van der Waals surface area (Å²) < 4.78 is 11.3. The summed E-state index contributed by atoms with van der Waals surface area (Å²) in [4.78, 5) is 2.12. The lowest BCUT2D eigenvalue weighted by atomic mass is 9.86. The van der Waals surface area contributed by atoms with Gasteiger partial charge in [-0.15, -0.1) is 0 Å². The normalized spacial score (nSPS) is 15.9. The third-order valence-corrected chi connectivity index (χ3v) is 3.97. The lowest BCUT2D eigenvalue weighted by Gasteiger charge is -2.43. The molecule has 0 saturated carbocycles. The van der Waals surface area contributed by atoms with E-state index in [1.165, 1.54) is 0 Å². The van der Waals surface area contributed by atoms with E-state index in [0.29, 0.717) is 13.2 Å². The van der Waals surface area contributed by atoms with Crippen LogP contribution in [-0.2, 0) is 4.74 Å². The van der Waals surface area contributed by atoms with Crippen LogP contribution >= 0.6 is 0 Å². The van der Waals surface area contributed by atoms with Gasteiger partial charge in [-0.1, -0.05) is 30.3 Å². The van der Waals surface area contributed by atoms with E-state index in [0.717, 1.165) is 23.7 Å². The number of anilines is 1. The molecule has 116 valence electrons. The average Bonchev–Trinajstić information content (AvgIpc) is 2.52. The second kappa shape index (κ2) is 6.38. The number of benzene rings is 2. The Morgan fingerprint density at radius 2 is 1.77 bits per heavy atom. The van der Waals surface area contributed by atoms with E-state index in [1.807, 2.05) is 61.6 Å². The molecule has 22 heavy (non-hydrogen) atoms. The van der Waals surface area contributed by atoms with Gasteiger partial charge >= 0.3 is 0 Å². The molecule has 1 heterocycles. The predicted molar refractivity (Wildman–Crippen MR) is 86.6 cm³/mol. The van der Waals surface area contributed by atoms with E-state index in [1.54, 1.807) is 0 Å². The second-order valence-corrected chi connectivity index (χ2v) is 5.89. The summed E-state index contributed by atoms with van der Waals surface area (Å²) in [6.45, 7) is 2.09. The molecule has 2 aromatic rings. The summed E-state index contributed by atoms with van der Waals surface area (Å²) in [7, 11) is 2.02. The molecule has 0 aliphatic carbocycles. The van der Waals surface area contributed by atoms with Crippen LogP contribution in [0.3, 0.4) is 0 Å². The SMILES string of the molecule is CN(CC1(CO)COC1)c1ccccc1Oc1ccccc1. The molecule has 0 amide bonds. The molecule has 0 radical (unpaired) electrons. The third-order valence-electron chi connectivity index (χ3n) is 3.97. The molecule has 0 atom stereocenters. The van der Waals surface area contributed by atoms with Crippen LogP contribution in [0.5, 0.6) is 11.5 Å². The fourth-order valence-corrected chi connectivity index (χ4v) is 2.69. The van der Waals surface area contributed by atoms with E-state index in [-0.39, 0.29) is 12.0 Å². The van der Waals surface area contributed by atoms with E-state index in [4.69, 9.17) is 9.47 Å². The highest BCUT2D eigenvalue weighted by molar-refractivity contribution is 5.59. The molecular formula is C18H21NO3. The van der Waals surface area contributed by atoms with Crippen LogP contribution in [0.15, 0.2) is 54.6 Å². The van der Waals surface area contributed by atoms with Crippen molar-refractivity contribution in [2.75, 3.05) is 38.3 Å². The Hall–Kier alpha value is -2.04. The van der Waals surface area contributed by atoms with Crippen LogP contribution in [0.1, 0.15) is 0 Å². The first kappa shape index (κ1) is 14.9. The monoisotopic (exact) mass is 299 g/mol. The molecule has 4 nitrogen and oxygen atoms in total. The Morgan fingerprint density at radius 3 is 2.41 bits per heavy atom. The van der Waals surface area contributed by atoms with Crippen LogP contribution < -0.4 is 9.64 Å². The second-order valence-electron chi connectivity index (χ2n) is 5.89. The Kier molecular flexibility index (Phi) is 4.32. The number of ether oxygens (including phenoxy) is 2. The van der Waals surface area contributed by atoms with Crippen LogP contribution in [0.4, 0.5) is 5.69 Å². The van der Waals surface area contributed by atoms with Gasteiger partial charge in [-0.2, -0.15) is 0 Å². The van der Waals surface area contributed by atoms with Gasteiger partial charge in [-0.25, -0.2) is 0 Å². The van der Waals surface area contributed by atoms with E-state index < -0.39 is 0 Å². The number of aliphatic hydroxyl groups is 1. The number of aliphatic hydroxyl groups excluding tert-OH is 1. The highest BCUT2D eigenvalue weighted by Gasteiger charge is 2.39. The van der Waals surface area contributed by atoms with Crippen LogP contribution in [0, 0.1) is 5.41 Å². The highest BCUT2D eigenvalue weighted by Crippen LogP contribution is 2.35. The summed E-state index contributed by atoms with van der Waals surface area (Å²) in [5.74, 6) is 1.62. The van der Waals surface area contributed by atoms with Crippen molar-refractivity contribution in [2.24, 2.45) is 5.41 Å². The fraction of sp³-hybridized carbons (Fsp3) is 0.333. The molecule has 4 heteroatoms. The Labute approximate surface area is 130 Å². The van der Waals surface area contributed by atoms with E-state index in [9.17, 15) is 5.11 Å². The standard InChI is InChI=1S/C18H21NO3/c1-19(11-18(12-20)13-21-14-18)16-9-5-6-10-17(16)22-15-7-3-2-4-8-15/h2-10,20H,11-14H2,1H3. The van der Waals surface area contributed by atoms with Gasteiger partial charge in [-0.05, 0) is 24.3 Å². The van der Waals surface area contributed by atoms with Gasteiger partial charge in [0.25, 0.3) is 0 Å². The van der Waals surface area contributed by atoms with Crippen LogP contribution in [-0.4, -0.2) is 38.5 Å². The molecule has 3 rings (SSSR count). The zero-order chi connectivity index (χ0) is 15.4. The lowest BCUT2D eigenvalue weighted by molar-refractivity contribution is -0.130. The van der Waals surface area contributed by atoms with Gasteiger partial charge in [0.05, 0.1) is 30.9 Å². The van der Waals surface area contributed by atoms with Gasteiger partial charge in [0.15, 0.2) is 5.75 Å². The van der Waals surface area contributed by atoms with Crippen molar-refractivity contribution in [1.29, 1.82) is 0 Å². The molecule has 0 unspecified atom stereocenters. The first-order chi connectivity index (χ1) is 10.7. The van der Waals surface area contributed by atoms with Gasteiger partial charge in [-0.3, -0.25) is 0 Å². The first-order valence-electron chi connectivity index (χ1n) is 7.44. The summed E-state index contributed by atoms with van der Waals surface area (Å²) in [6.07, 6.45) is 0. The zero-order valence-electron chi connectivity index (χ0n) is 12.7.